The minimum atomic E-state index is -3.34. The van der Waals surface area contributed by atoms with E-state index in [0.717, 1.165) is 37.9 Å². The number of nitrogens with zero attached hydrogens (tertiary/aromatic N) is 2. The molecule has 0 atom stereocenters. The maximum absolute atomic E-state index is 12.5. The summed E-state index contributed by atoms with van der Waals surface area (Å²) < 4.78 is 24.8. The first-order chi connectivity index (χ1) is 14.6. The standard InChI is InChI=1S/C25H24N2O3S/c1-17-10-11-21(16-27(17)28)18-7-5-8-19(13-18)23-15-22(25(2,3)31(4,29)30)14-20-9-6-12-26-24(20)23/h5-16H,1-4H3. The molecular formula is C25H24N2O3S. The SMILES string of the molecule is Cc1ccc(-c2cccc(-c3cc(C(C)(C)S(C)(=O)=O)cc4cccnc34)c2)c[n+]1[O-]. The van der Waals surface area contributed by atoms with Crippen LogP contribution in [0.1, 0.15) is 25.1 Å². The van der Waals surface area contributed by atoms with Crippen molar-refractivity contribution in [1.29, 1.82) is 0 Å². The van der Waals surface area contributed by atoms with E-state index in [1.165, 1.54) is 6.26 Å². The second-order valence-electron chi connectivity index (χ2n) is 8.35. The van der Waals surface area contributed by atoms with Gasteiger partial charge in [0.15, 0.2) is 21.7 Å². The van der Waals surface area contributed by atoms with Gasteiger partial charge in [0.2, 0.25) is 0 Å². The summed E-state index contributed by atoms with van der Waals surface area (Å²) in [6.07, 6.45) is 4.56. The number of hydrogen-bond donors (Lipinski definition) is 0. The lowest BCUT2D eigenvalue weighted by Gasteiger charge is -2.24. The van der Waals surface area contributed by atoms with E-state index in [-0.39, 0.29) is 0 Å². The zero-order chi connectivity index (χ0) is 22.4. The van der Waals surface area contributed by atoms with Crippen molar-refractivity contribution in [1.82, 2.24) is 4.98 Å². The van der Waals surface area contributed by atoms with E-state index < -0.39 is 14.6 Å². The molecule has 4 aromatic rings. The van der Waals surface area contributed by atoms with Crippen LogP contribution in [0.3, 0.4) is 0 Å². The Hall–Kier alpha value is -3.25. The van der Waals surface area contributed by atoms with Crippen LogP contribution in [-0.4, -0.2) is 19.7 Å². The summed E-state index contributed by atoms with van der Waals surface area (Å²) in [6.45, 7) is 5.21. The Bertz CT molecular complexity index is 1410. The van der Waals surface area contributed by atoms with Crippen molar-refractivity contribution >= 4 is 20.7 Å². The second kappa shape index (κ2) is 7.46. The van der Waals surface area contributed by atoms with Crippen LogP contribution in [0.5, 0.6) is 0 Å². The fourth-order valence-corrected chi connectivity index (χ4v) is 4.11. The number of pyridine rings is 2. The third-order valence-electron chi connectivity index (χ3n) is 5.94. The predicted octanol–water partition coefficient (Wildman–Crippen LogP) is 4.79. The third-order valence-corrected chi connectivity index (χ3v) is 8.03. The van der Waals surface area contributed by atoms with Gasteiger partial charge < -0.3 is 5.21 Å². The van der Waals surface area contributed by atoms with Gasteiger partial charge >= 0.3 is 0 Å². The molecule has 0 aliphatic heterocycles. The molecule has 2 aromatic heterocycles. The Morgan fingerprint density at radius 3 is 2.39 bits per heavy atom. The van der Waals surface area contributed by atoms with Crippen LogP contribution in [0.2, 0.25) is 0 Å². The number of hydrogen-bond acceptors (Lipinski definition) is 4. The van der Waals surface area contributed by atoms with Crippen molar-refractivity contribution in [3.05, 3.63) is 89.5 Å². The van der Waals surface area contributed by atoms with Gasteiger partial charge in [0, 0.05) is 42.0 Å². The van der Waals surface area contributed by atoms with Crippen molar-refractivity contribution in [3.63, 3.8) is 0 Å². The lowest BCUT2D eigenvalue weighted by molar-refractivity contribution is -0.611. The van der Waals surface area contributed by atoms with E-state index in [0.29, 0.717) is 11.3 Å². The molecule has 2 heterocycles. The molecule has 0 unspecified atom stereocenters. The van der Waals surface area contributed by atoms with Crippen LogP contribution >= 0.6 is 0 Å². The number of aromatic nitrogens is 2. The Morgan fingerprint density at radius 1 is 0.935 bits per heavy atom. The lowest BCUT2D eigenvalue weighted by Crippen LogP contribution is -2.29. The summed E-state index contributed by atoms with van der Waals surface area (Å²) in [4.78, 5) is 4.57. The largest absolute Gasteiger partial charge is 0.618 e. The fourth-order valence-electron chi connectivity index (χ4n) is 3.57. The molecule has 5 nitrogen and oxygen atoms in total. The lowest BCUT2D eigenvalue weighted by atomic mass is 9.92. The summed E-state index contributed by atoms with van der Waals surface area (Å²) in [7, 11) is -3.34. The average molecular weight is 433 g/mol. The molecule has 0 bridgehead atoms. The average Bonchev–Trinajstić information content (AvgIpc) is 2.74. The van der Waals surface area contributed by atoms with E-state index in [2.05, 4.69) is 4.98 Å². The molecule has 0 amide bonds. The summed E-state index contributed by atoms with van der Waals surface area (Å²) in [6, 6.07) is 19.2. The van der Waals surface area contributed by atoms with E-state index in [1.807, 2.05) is 54.6 Å². The number of sulfone groups is 1. The molecule has 0 fully saturated rings. The first-order valence-electron chi connectivity index (χ1n) is 9.97. The van der Waals surface area contributed by atoms with Gasteiger partial charge in [-0.15, -0.1) is 0 Å². The van der Waals surface area contributed by atoms with Crippen molar-refractivity contribution in [2.24, 2.45) is 0 Å². The van der Waals surface area contributed by atoms with E-state index in [4.69, 9.17) is 0 Å². The van der Waals surface area contributed by atoms with Crippen molar-refractivity contribution in [2.75, 3.05) is 6.26 Å². The number of rotatable bonds is 4. The number of fused-ring (bicyclic) bond motifs is 1. The topological polar surface area (TPSA) is 74.0 Å². The molecule has 0 aliphatic carbocycles. The molecule has 0 N–H and O–H groups in total. The summed E-state index contributed by atoms with van der Waals surface area (Å²) in [5.41, 5.74) is 5.62. The van der Waals surface area contributed by atoms with Gasteiger partial charge in [0.05, 0.1) is 10.3 Å². The molecule has 0 saturated heterocycles. The second-order valence-corrected chi connectivity index (χ2v) is 10.9. The van der Waals surface area contributed by atoms with E-state index in [1.54, 1.807) is 39.2 Å². The van der Waals surface area contributed by atoms with Gasteiger partial charge in [-0.1, -0.05) is 24.3 Å². The molecule has 0 aliphatic rings. The fraction of sp³-hybridized carbons (Fsp3) is 0.200. The molecular weight excluding hydrogens is 408 g/mol. The predicted molar refractivity (Wildman–Crippen MR) is 124 cm³/mol. The van der Waals surface area contributed by atoms with Gasteiger partial charge in [-0.05, 0) is 60.9 Å². The Kier molecular flexibility index (Phi) is 5.06. The van der Waals surface area contributed by atoms with Crippen LogP contribution < -0.4 is 4.73 Å². The Balaban J connectivity index is 1.95. The number of benzene rings is 2. The highest BCUT2D eigenvalue weighted by atomic mass is 32.2. The van der Waals surface area contributed by atoms with Crippen LogP contribution in [-0.2, 0) is 14.6 Å². The van der Waals surface area contributed by atoms with E-state index in [9.17, 15) is 13.6 Å². The highest BCUT2D eigenvalue weighted by Crippen LogP contribution is 2.37. The summed E-state index contributed by atoms with van der Waals surface area (Å²) >= 11 is 0. The third kappa shape index (κ3) is 3.79. The normalized spacial score (nSPS) is 12.3. The van der Waals surface area contributed by atoms with Crippen LogP contribution in [0.25, 0.3) is 33.2 Å². The molecule has 158 valence electrons. The van der Waals surface area contributed by atoms with Crippen molar-refractivity contribution in [2.45, 2.75) is 25.5 Å². The van der Waals surface area contributed by atoms with E-state index >= 15 is 0 Å². The van der Waals surface area contributed by atoms with Crippen LogP contribution in [0.15, 0.2) is 73.1 Å². The molecule has 2 aromatic carbocycles. The Morgan fingerprint density at radius 2 is 1.68 bits per heavy atom. The maximum atomic E-state index is 12.5. The van der Waals surface area contributed by atoms with Crippen LogP contribution in [0, 0.1) is 12.1 Å². The summed E-state index contributed by atoms with van der Waals surface area (Å²) in [5, 5.41) is 12.9. The first-order valence-corrected chi connectivity index (χ1v) is 11.9. The summed E-state index contributed by atoms with van der Waals surface area (Å²) in [5.74, 6) is 0. The molecule has 0 saturated carbocycles. The van der Waals surface area contributed by atoms with Crippen molar-refractivity contribution < 1.29 is 13.1 Å². The van der Waals surface area contributed by atoms with Crippen LogP contribution in [0.4, 0.5) is 0 Å². The van der Waals surface area contributed by atoms with Gasteiger partial charge in [0.1, 0.15) is 0 Å². The Labute approximate surface area is 182 Å². The van der Waals surface area contributed by atoms with Gasteiger partial charge in [-0.3, -0.25) is 4.98 Å². The first kappa shape index (κ1) is 21.0. The monoisotopic (exact) mass is 432 g/mol. The smallest absolute Gasteiger partial charge is 0.189 e. The zero-order valence-electron chi connectivity index (χ0n) is 18.0. The van der Waals surface area contributed by atoms with Gasteiger partial charge in [0.25, 0.3) is 0 Å². The molecule has 4 rings (SSSR count). The molecule has 0 spiro atoms. The zero-order valence-corrected chi connectivity index (χ0v) is 18.8. The molecule has 31 heavy (non-hydrogen) atoms. The molecule has 0 radical (unpaired) electrons. The number of aryl methyl sites for hydroxylation is 1. The minimum Gasteiger partial charge on any atom is -0.618 e. The van der Waals surface area contributed by atoms with Gasteiger partial charge in [-0.25, -0.2) is 8.42 Å². The highest BCUT2D eigenvalue weighted by molar-refractivity contribution is 7.91. The highest BCUT2D eigenvalue weighted by Gasteiger charge is 2.33. The molecule has 6 heteroatoms. The minimum absolute atomic E-state index is 0.630. The van der Waals surface area contributed by atoms with Gasteiger partial charge in [-0.2, -0.15) is 4.73 Å². The quantitative estimate of drug-likeness (QED) is 0.343. The van der Waals surface area contributed by atoms with Crippen molar-refractivity contribution in [3.8, 4) is 22.3 Å². The maximum Gasteiger partial charge on any atom is 0.189 e.